The highest BCUT2D eigenvalue weighted by atomic mass is 32.1. The van der Waals surface area contributed by atoms with Crippen LogP contribution in [0.3, 0.4) is 0 Å². The van der Waals surface area contributed by atoms with E-state index in [0.29, 0.717) is 11.5 Å². The smallest absolute Gasteiger partial charge is 0.228 e. The van der Waals surface area contributed by atoms with Crippen LogP contribution in [0.2, 0.25) is 0 Å². The van der Waals surface area contributed by atoms with E-state index in [9.17, 15) is 10.1 Å². The third-order valence-corrected chi connectivity index (χ3v) is 6.41. The largest absolute Gasteiger partial charge is 0.316 e. The van der Waals surface area contributed by atoms with E-state index >= 15 is 0 Å². The highest BCUT2D eigenvalue weighted by Gasteiger charge is 2.27. The molecule has 25 heavy (non-hydrogen) atoms. The number of nitriles is 1. The van der Waals surface area contributed by atoms with Crippen molar-refractivity contribution in [1.82, 2.24) is 0 Å². The molecule has 1 amide bonds. The molecule has 4 heteroatoms. The lowest BCUT2D eigenvalue weighted by Gasteiger charge is -2.22. The summed E-state index contributed by atoms with van der Waals surface area (Å²) in [6, 6.07) is 12.9. The molecule has 0 radical (unpaired) electrons. The van der Waals surface area contributed by atoms with Crippen molar-refractivity contribution in [2.75, 3.05) is 5.32 Å². The second kappa shape index (κ2) is 7.84. The summed E-state index contributed by atoms with van der Waals surface area (Å²) in [7, 11) is 0. The SMILES string of the molecule is CCC(CC)C(=O)Nc1sc2c(c1C#N)CCC(c1ccccc1)C2. The van der Waals surface area contributed by atoms with Gasteiger partial charge in [0.05, 0.1) is 5.56 Å². The quantitative estimate of drug-likeness (QED) is 0.797. The van der Waals surface area contributed by atoms with E-state index in [1.54, 1.807) is 11.3 Å². The lowest BCUT2D eigenvalue weighted by atomic mass is 9.83. The third-order valence-electron chi connectivity index (χ3n) is 5.24. The summed E-state index contributed by atoms with van der Waals surface area (Å²) >= 11 is 1.60. The van der Waals surface area contributed by atoms with Crippen LogP contribution >= 0.6 is 11.3 Å². The molecule has 1 aliphatic rings. The monoisotopic (exact) mass is 352 g/mol. The predicted molar refractivity (Wildman–Crippen MR) is 103 cm³/mol. The molecule has 1 heterocycles. The molecule has 0 aliphatic heterocycles. The molecule has 3 nitrogen and oxygen atoms in total. The zero-order valence-corrected chi connectivity index (χ0v) is 15.7. The predicted octanol–water partition coefficient (Wildman–Crippen LogP) is 5.27. The number of anilines is 1. The molecule has 1 N–H and O–H groups in total. The van der Waals surface area contributed by atoms with E-state index in [1.807, 2.05) is 19.9 Å². The Bertz CT molecular complexity index is 784. The van der Waals surface area contributed by atoms with Crippen LogP contribution in [0.15, 0.2) is 30.3 Å². The minimum Gasteiger partial charge on any atom is -0.316 e. The lowest BCUT2D eigenvalue weighted by molar-refractivity contribution is -0.120. The van der Waals surface area contributed by atoms with Gasteiger partial charge in [-0.3, -0.25) is 4.79 Å². The summed E-state index contributed by atoms with van der Waals surface area (Å²) in [5.41, 5.74) is 3.20. The Morgan fingerprint density at radius 1 is 1.32 bits per heavy atom. The molecule has 0 saturated heterocycles. The maximum Gasteiger partial charge on any atom is 0.228 e. The summed E-state index contributed by atoms with van der Waals surface area (Å²) in [6.07, 6.45) is 4.58. The molecule has 0 fully saturated rings. The van der Waals surface area contributed by atoms with Crippen LogP contribution in [0.1, 0.15) is 60.6 Å². The minimum atomic E-state index is 0.0164. The van der Waals surface area contributed by atoms with Crippen molar-refractivity contribution in [2.24, 2.45) is 5.92 Å². The van der Waals surface area contributed by atoms with E-state index < -0.39 is 0 Å². The number of carbonyl (C=O) groups excluding carboxylic acids is 1. The fourth-order valence-electron chi connectivity index (χ4n) is 3.68. The Morgan fingerprint density at radius 3 is 2.68 bits per heavy atom. The number of amides is 1. The molecule has 2 aromatic rings. The number of hydrogen-bond acceptors (Lipinski definition) is 3. The van der Waals surface area contributed by atoms with Crippen LogP contribution in [0.4, 0.5) is 5.00 Å². The summed E-state index contributed by atoms with van der Waals surface area (Å²) in [4.78, 5) is 13.7. The van der Waals surface area contributed by atoms with Gasteiger partial charge in [0.1, 0.15) is 11.1 Å². The Hall–Kier alpha value is -2.12. The average Bonchev–Trinajstić information content (AvgIpc) is 2.99. The number of hydrogen-bond donors (Lipinski definition) is 1. The fraction of sp³-hybridized carbons (Fsp3) is 0.429. The third kappa shape index (κ3) is 3.62. The van der Waals surface area contributed by atoms with E-state index in [0.717, 1.165) is 42.7 Å². The Kier molecular flexibility index (Phi) is 5.55. The average molecular weight is 353 g/mol. The van der Waals surface area contributed by atoms with Crippen molar-refractivity contribution in [2.45, 2.75) is 51.9 Å². The summed E-state index contributed by atoms with van der Waals surface area (Å²) in [5, 5.41) is 13.4. The van der Waals surface area contributed by atoms with E-state index in [2.05, 4.69) is 35.7 Å². The van der Waals surface area contributed by atoms with Crippen molar-refractivity contribution in [3.8, 4) is 6.07 Å². The molecule has 1 aliphatic carbocycles. The topological polar surface area (TPSA) is 52.9 Å². The van der Waals surface area contributed by atoms with E-state index in [-0.39, 0.29) is 11.8 Å². The van der Waals surface area contributed by atoms with E-state index in [1.165, 1.54) is 10.4 Å². The van der Waals surface area contributed by atoms with Crippen molar-refractivity contribution in [3.05, 3.63) is 51.9 Å². The summed E-state index contributed by atoms with van der Waals surface area (Å²) in [5.74, 6) is 0.559. The van der Waals surface area contributed by atoms with E-state index in [4.69, 9.17) is 0 Å². The molecule has 1 atom stereocenters. The first-order valence-corrected chi connectivity index (χ1v) is 9.89. The van der Waals surface area contributed by atoms with Crippen LogP contribution in [0, 0.1) is 17.2 Å². The maximum absolute atomic E-state index is 12.4. The first-order chi connectivity index (χ1) is 12.2. The number of carbonyl (C=O) groups is 1. The lowest BCUT2D eigenvalue weighted by Crippen LogP contribution is -2.21. The minimum absolute atomic E-state index is 0.0164. The molecule has 130 valence electrons. The van der Waals surface area contributed by atoms with Crippen molar-refractivity contribution >= 4 is 22.2 Å². The number of benzene rings is 1. The van der Waals surface area contributed by atoms with Crippen LogP contribution in [0.25, 0.3) is 0 Å². The molecule has 0 spiro atoms. The Balaban J connectivity index is 1.84. The highest BCUT2D eigenvalue weighted by Crippen LogP contribution is 2.42. The molecule has 0 saturated carbocycles. The molecule has 3 rings (SSSR count). The zero-order chi connectivity index (χ0) is 17.8. The van der Waals surface area contributed by atoms with Gasteiger partial charge < -0.3 is 5.32 Å². The second-order valence-corrected chi connectivity index (χ2v) is 7.78. The van der Waals surface area contributed by atoms with Gasteiger partial charge in [-0.15, -0.1) is 11.3 Å². The number of nitrogens with zero attached hydrogens (tertiary/aromatic N) is 1. The molecule has 1 unspecified atom stereocenters. The van der Waals surface area contributed by atoms with Gasteiger partial charge in [-0.05, 0) is 49.1 Å². The molecular formula is C21H24N2OS. The Morgan fingerprint density at radius 2 is 2.04 bits per heavy atom. The van der Waals surface area contributed by atoms with Crippen molar-refractivity contribution in [3.63, 3.8) is 0 Å². The molecular weight excluding hydrogens is 328 g/mol. The van der Waals surface area contributed by atoms with Gasteiger partial charge in [0, 0.05) is 10.8 Å². The highest BCUT2D eigenvalue weighted by molar-refractivity contribution is 7.16. The zero-order valence-electron chi connectivity index (χ0n) is 14.8. The van der Waals surface area contributed by atoms with Gasteiger partial charge in [-0.1, -0.05) is 44.2 Å². The Labute approximate surface area is 153 Å². The van der Waals surface area contributed by atoms with Gasteiger partial charge >= 0.3 is 0 Å². The van der Waals surface area contributed by atoms with Crippen LogP contribution in [-0.4, -0.2) is 5.91 Å². The van der Waals surface area contributed by atoms with Crippen molar-refractivity contribution in [1.29, 1.82) is 5.26 Å². The van der Waals surface area contributed by atoms with Crippen LogP contribution < -0.4 is 5.32 Å². The maximum atomic E-state index is 12.4. The number of rotatable bonds is 5. The summed E-state index contributed by atoms with van der Waals surface area (Å²) < 4.78 is 0. The van der Waals surface area contributed by atoms with Crippen LogP contribution in [0.5, 0.6) is 0 Å². The molecule has 1 aromatic carbocycles. The van der Waals surface area contributed by atoms with Gasteiger partial charge in [0.25, 0.3) is 0 Å². The number of fused-ring (bicyclic) bond motifs is 1. The van der Waals surface area contributed by atoms with Crippen molar-refractivity contribution < 1.29 is 4.79 Å². The van der Waals surface area contributed by atoms with Gasteiger partial charge in [-0.25, -0.2) is 0 Å². The van der Waals surface area contributed by atoms with Crippen LogP contribution in [-0.2, 0) is 17.6 Å². The molecule has 1 aromatic heterocycles. The normalized spacial score (nSPS) is 16.3. The van der Waals surface area contributed by atoms with Gasteiger partial charge in [-0.2, -0.15) is 5.26 Å². The van der Waals surface area contributed by atoms with Gasteiger partial charge in [0.15, 0.2) is 0 Å². The number of nitrogens with one attached hydrogen (secondary N) is 1. The number of thiophene rings is 1. The van der Waals surface area contributed by atoms with Gasteiger partial charge in [0.2, 0.25) is 5.91 Å². The first-order valence-electron chi connectivity index (χ1n) is 9.08. The molecule has 0 bridgehead atoms. The second-order valence-electron chi connectivity index (χ2n) is 6.67. The standard InChI is InChI=1S/C21H24N2OS/c1-3-14(4-2)20(24)23-21-18(13-22)17-11-10-16(12-19(17)25-21)15-8-6-5-7-9-15/h5-9,14,16H,3-4,10-12H2,1-2H3,(H,23,24). The fourth-order valence-corrected chi connectivity index (χ4v) is 4.96. The first kappa shape index (κ1) is 17.7. The summed E-state index contributed by atoms with van der Waals surface area (Å²) in [6.45, 7) is 4.06.